The molecule has 4 rings (SSSR count). The van der Waals surface area contributed by atoms with Crippen molar-refractivity contribution in [3.05, 3.63) is 65.6 Å². The fourth-order valence-corrected chi connectivity index (χ4v) is 4.51. The van der Waals surface area contributed by atoms with Gasteiger partial charge in [0.1, 0.15) is 18.0 Å². The molecule has 0 saturated carbocycles. The predicted octanol–water partition coefficient (Wildman–Crippen LogP) is 5.23. The fourth-order valence-electron chi connectivity index (χ4n) is 4.29. The van der Waals surface area contributed by atoms with Crippen LogP contribution in [0.2, 0.25) is 5.02 Å². The Morgan fingerprint density at radius 1 is 1.00 bits per heavy atom. The van der Waals surface area contributed by atoms with Gasteiger partial charge in [0.2, 0.25) is 0 Å². The standard InChI is InChI=1S/C26H27ClF3N3O6/c1-15-22(34-2)23(35-3)24(36-4)25(37-15)39-32-12-16-5-10-20(27)19(11-16)21-13-33(14-31-21)17-6-8-18(9-7-17)38-26(28,29)30/h5-15,22-25H,1-4H3/b32-12+/t15-,22-,23+,24+,25-/m0/s1. The molecule has 0 N–H and O–H groups in total. The first-order valence-corrected chi connectivity index (χ1v) is 12.1. The van der Waals surface area contributed by atoms with Gasteiger partial charge in [0.05, 0.1) is 29.4 Å². The molecule has 3 aromatic rings. The predicted molar refractivity (Wildman–Crippen MR) is 136 cm³/mol. The summed E-state index contributed by atoms with van der Waals surface area (Å²) < 4.78 is 65.3. The van der Waals surface area contributed by atoms with Crippen LogP contribution >= 0.6 is 11.6 Å². The normalized spacial score (nSPS) is 23.7. The second kappa shape index (κ2) is 12.3. The first-order valence-electron chi connectivity index (χ1n) is 11.8. The fraction of sp³-hybridized carbons (Fsp3) is 0.385. The molecule has 210 valence electrons. The van der Waals surface area contributed by atoms with Crippen molar-refractivity contribution < 1.29 is 41.7 Å². The Hall–Kier alpha value is -3.16. The molecule has 0 amide bonds. The highest BCUT2D eigenvalue weighted by molar-refractivity contribution is 6.33. The third-order valence-electron chi connectivity index (χ3n) is 6.13. The number of aromatic nitrogens is 2. The number of imidazole rings is 1. The first-order chi connectivity index (χ1) is 18.6. The van der Waals surface area contributed by atoms with Crippen molar-refractivity contribution in [3.8, 4) is 22.7 Å². The molecular weight excluding hydrogens is 543 g/mol. The zero-order chi connectivity index (χ0) is 28.2. The second-order valence-corrected chi connectivity index (χ2v) is 9.00. The third kappa shape index (κ3) is 6.89. The number of halogens is 4. The van der Waals surface area contributed by atoms with E-state index in [4.69, 9.17) is 35.4 Å². The molecular formula is C26H27ClF3N3O6. The van der Waals surface area contributed by atoms with Crippen LogP contribution in [0.25, 0.3) is 16.9 Å². The molecule has 0 aliphatic carbocycles. The average molecular weight is 570 g/mol. The van der Waals surface area contributed by atoms with Crippen LogP contribution in [-0.4, -0.2) is 74.2 Å². The molecule has 13 heteroatoms. The van der Waals surface area contributed by atoms with E-state index in [1.807, 2.05) is 6.92 Å². The van der Waals surface area contributed by atoms with Gasteiger partial charge in [-0.05, 0) is 48.9 Å². The molecule has 1 fully saturated rings. The molecule has 2 aromatic carbocycles. The summed E-state index contributed by atoms with van der Waals surface area (Å²) in [6.07, 6.45) is -2.51. The number of methoxy groups -OCH3 is 3. The van der Waals surface area contributed by atoms with Crippen molar-refractivity contribution in [3.63, 3.8) is 0 Å². The summed E-state index contributed by atoms with van der Waals surface area (Å²) in [5.74, 6) is -0.315. The summed E-state index contributed by atoms with van der Waals surface area (Å²) in [5.41, 5.74) is 2.43. The molecule has 1 saturated heterocycles. The summed E-state index contributed by atoms with van der Waals surface area (Å²) in [6, 6.07) is 10.6. The molecule has 0 radical (unpaired) electrons. The quantitative estimate of drug-likeness (QED) is 0.258. The molecule has 1 aliphatic heterocycles. The molecule has 0 spiro atoms. The van der Waals surface area contributed by atoms with Gasteiger partial charge in [-0.25, -0.2) is 4.98 Å². The summed E-state index contributed by atoms with van der Waals surface area (Å²) >= 11 is 6.43. The van der Waals surface area contributed by atoms with Gasteiger partial charge in [0.25, 0.3) is 6.29 Å². The monoisotopic (exact) mass is 569 g/mol. The Labute approximate surface area is 228 Å². The Kier molecular flexibility index (Phi) is 9.13. The number of hydrogen-bond donors (Lipinski definition) is 0. The van der Waals surface area contributed by atoms with Crippen LogP contribution in [-0.2, 0) is 23.8 Å². The zero-order valence-electron chi connectivity index (χ0n) is 21.5. The van der Waals surface area contributed by atoms with E-state index in [0.717, 1.165) is 0 Å². The van der Waals surface area contributed by atoms with Gasteiger partial charge in [-0.15, -0.1) is 13.2 Å². The van der Waals surface area contributed by atoms with Gasteiger partial charge in [-0.3, -0.25) is 0 Å². The number of ether oxygens (including phenoxy) is 5. The van der Waals surface area contributed by atoms with Crippen LogP contribution in [0.15, 0.2) is 60.1 Å². The van der Waals surface area contributed by atoms with Gasteiger partial charge >= 0.3 is 6.36 Å². The van der Waals surface area contributed by atoms with Crippen LogP contribution in [0.3, 0.4) is 0 Å². The van der Waals surface area contributed by atoms with Gasteiger partial charge in [0.15, 0.2) is 6.10 Å². The van der Waals surface area contributed by atoms with Crippen LogP contribution in [0.4, 0.5) is 13.2 Å². The highest BCUT2D eigenvalue weighted by Gasteiger charge is 2.47. The SMILES string of the molecule is CO[C@@H]1[C@@H](OC)[C@H](C)O[C@@H](O/N=C/c2ccc(Cl)c(-c3cn(-c4ccc(OC(F)(F)F)cc4)cn3)c2)[C@@H]1OC. The molecule has 39 heavy (non-hydrogen) atoms. The minimum atomic E-state index is -4.76. The van der Waals surface area contributed by atoms with E-state index in [2.05, 4.69) is 14.9 Å². The first kappa shape index (κ1) is 28.8. The number of alkyl halides is 3. The second-order valence-electron chi connectivity index (χ2n) is 8.60. The molecule has 0 unspecified atom stereocenters. The lowest BCUT2D eigenvalue weighted by Crippen LogP contribution is -2.59. The summed E-state index contributed by atoms with van der Waals surface area (Å²) in [7, 11) is 4.67. The van der Waals surface area contributed by atoms with Crippen molar-refractivity contribution in [2.45, 2.75) is 44.0 Å². The molecule has 9 nitrogen and oxygen atoms in total. The van der Waals surface area contributed by atoms with E-state index >= 15 is 0 Å². The van der Waals surface area contributed by atoms with Crippen molar-refractivity contribution in [1.29, 1.82) is 0 Å². The lowest BCUT2D eigenvalue weighted by molar-refractivity contribution is -0.305. The zero-order valence-corrected chi connectivity index (χ0v) is 22.2. The Bertz CT molecular complexity index is 1270. The topological polar surface area (TPSA) is 85.6 Å². The maximum absolute atomic E-state index is 12.4. The van der Waals surface area contributed by atoms with Crippen LogP contribution in [0, 0.1) is 0 Å². The number of oxime groups is 1. The van der Waals surface area contributed by atoms with Crippen LogP contribution < -0.4 is 4.74 Å². The van der Waals surface area contributed by atoms with Crippen molar-refractivity contribution in [2.75, 3.05) is 21.3 Å². The largest absolute Gasteiger partial charge is 0.573 e. The van der Waals surface area contributed by atoms with E-state index < -0.39 is 24.9 Å². The van der Waals surface area contributed by atoms with E-state index in [0.29, 0.717) is 27.5 Å². The summed E-state index contributed by atoms with van der Waals surface area (Å²) in [4.78, 5) is 10.0. The van der Waals surface area contributed by atoms with E-state index in [9.17, 15) is 13.2 Å². The minimum Gasteiger partial charge on any atom is -0.406 e. The minimum absolute atomic E-state index is 0.315. The van der Waals surface area contributed by atoms with Crippen LogP contribution in [0.5, 0.6) is 5.75 Å². The molecule has 0 bridgehead atoms. The smallest absolute Gasteiger partial charge is 0.406 e. The maximum Gasteiger partial charge on any atom is 0.573 e. The Balaban J connectivity index is 1.47. The van der Waals surface area contributed by atoms with Crippen molar-refractivity contribution in [1.82, 2.24) is 9.55 Å². The maximum atomic E-state index is 12.4. The number of hydrogen-bond acceptors (Lipinski definition) is 8. The molecule has 1 aliphatic rings. The molecule has 2 heterocycles. The van der Waals surface area contributed by atoms with Crippen molar-refractivity contribution in [2.24, 2.45) is 5.16 Å². The highest BCUT2D eigenvalue weighted by Crippen LogP contribution is 2.30. The number of benzene rings is 2. The lowest BCUT2D eigenvalue weighted by atomic mass is 9.99. The van der Waals surface area contributed by atoms with Gasteiger partial charge < -0.3 is 33.1 Å². The van der Waals surface area contributed by atoms with Crippen molar-refractivity contribution >= 4 is 17.8 Å². The molecule has 1 aromatic heterocycles. The highest BCUT2D eigenvalue weighted by atomic mass is 35.5. The summed E-state index contributed by atoms with van der Waals surface area (Å²) in [5, 5.41) is 4.53. The van der Waals surface area contributed by atoms with Crippen LogP contribution in [0.1, 0.15) is 12.5 Å². The van der Waals surface area contributed by atoms with E-state index in [1.54, 1.807) is 43.2 Å². The third-order valence-corrected chi connectivity index (χ3v) is 6.46. The van der Waals surface area contributed by atoms with Gasteiger partial charge in [-0.1, -0.05) is 22.8 Å². The number of nitrogens with zero attached hydrogens (tertiary/aromatic N) is 3. The van der Waals surface area contributed by atoms with E-state index in [-0.39, 0.29) is 18.0 Å². The summed E-state index contributed by atoms with van der Waals surface area (Å²) in [6.45, 7) is 1.85. The van der Waals surface area contributed by atoms with Gasteiger partial charge in [-0.2, -0.15) is 0 Å². The van der Waals surface area contributed by atoms with Gasteiger partial charge in [0, 0.05) is 38.8 Å². The Morgan fingerprint density at radius 3 is 2.33 bits per heavy atom. The van der Waals surface area contributed by atoms with E-state index in [1.165, 1.54) is 43.9 Å². The number of rotatable bonds is 9. The molecule has 5 atom stereocenters. The average Bonchev–Trinajstić information content (AvgIpc) is 3.39. The Morgan fingerprint density at radius 2 is 1.69 bits per heavy atom. The lowest BCUT2D eigenvalue weighted by Gasteiger charge is -2.42.